The van der Waals surface area contributed by atoms with Crippen LogP contribution in [0.5, 0.6) is 11.5 Å². The van der Waals surface area contributed by atoms with E-state index in [1.807, 2.05) is 84.9 Å². The standard InChI is InChI=1S/C29H23Br4N5O2.ClH/c30-23-11-21(27(25(32)13-23)39-17-19-7-3-1-4-8-19)15-35-37-29(34)38-36-16-22-12-24(31)14-26(33)28(22)40-18-20-9-5-2-6-10-20;/h1-16H,17-18H2,(H3,34,37,38);1H. The van der Waals surface area contributed by atoms with Crippen LogP contribution >= 0.6 is 76.1 Å². The Morgan fingerprint density at radius 3 is 1.44 bits per heavy atom. The Morgan fingerprint density at radius 1 is 0.659 bits per heavy atom. The van der Waals surface area contributed by atoms with Gasteiger partial charge in [-0.25, -0.2) is 10.9 Å². The molecule has 0 saturated carbocycles. The van der Waals surface area contributed by atoms with Crippen LogP contribution in [0.15, 0.2) is 113 Å². The predicted octanol–water partition coefficient (Wildman–Crippen LogP) is 8.80. The Kier molecular flexibility index (Phi) is 13.3. The molecule has 212 valence electrons. The smallest absolute Gasteiger partial charge is 0.230 e. The van der Waals surface area contributed by atoms with Crippen molar-refractivity contribution in [1.29, 1.82) is 5.41 Å². The number of halogens is 5. The lowest BCUT2D eigenvalue weighted by Gasteiger charge is -2.12. The van der Waals surface area contributed by atoms with Crippen LogP contribution in [0, 0.1) is 5.41 Å². The molecular weight excluding hydrogens is 805 g/mol. The lowest BCUT2D eigenvalue weighted by atomic mass is 10.2. The van der Waals surface area contributed by atoms with Gasteiger partial charge in [-0.2, -0.15) is 10.2 Å². The highest BCUT2D eigenvalue weighted by molar-refractivity contribution is 9.11. The van der Waals surface area contributed by atoms with E-state index in [-0.39, 0.29) is 18.4 Å². The van der Waals surface area contributed by atoms with E-state index in [1.54, 1.807) is 12.4 Å². The van der Waals surface area contributed by atoms with Crippen molar-refractivity contribution in [3.63, 3.8) is 0 Å². The van der Waals surface area contributed by atoms with E-state index in [9.17, 15) is 0 Å². The highest BCUT2D eigenvalue weighted by atomic mass is 79.9. The van der Waals surface area contributed by atoms with Gasteiger partial charge in [-0.05, 0) is 67.3 Å². The first-order chi connectivity index (χ1) is 19.4. The van der Waals surface area contributed by atoms with Gasteiger partial charge in [0.1, 0.15) is 24.7 Å². The Bertz CT molecular complexity index is 1410. The number of nitrogens with one attached hydrogen (secondary N) is 3. The lowest BCUT2D eigenvalue weighted by Crippen LogP contribution is -2.29. The van der Waals surface area contributed by atoms with Crippen molar-refractivity contribution in [3.05, 3.63) is 125 Å². The van der Waals surface area contributed by atoms with E-state index >= 15 is 0 Å². The normalized spacial score (nSPS) is 10.8. The number of hydrogen-bond acceptors (Lipinski definition) is 5. The molecule has 0 spiro atoms. The molecule has 0 aliphatic carbocycles. The zero-order chi connectivity index (χ0) is 28.3. The molecule has 0 unspecified atom stereocenters. The monoisotopic (exact) mass is 825 g/mol. The molecule has 4 aromatic carbocycles. The summed E-state index contributed by atoms with van der Waals surface area (Å²) in [6.07, 6.45) is 3.16. The van der Waals surface area contributed by atoms with Crippen LogP contribution in [0.2, 0.25) is 0 Å². The lowest BCUT2D eigenvalue weighted by molar-refractivity contribution is 0.303. The summed E-state index contributed by atoms with van der Waals surface area (Å²) in [5.41, 5.74) is 8.81. The van der Waals surface area contributed by atoms with Gasteiger partial charge in [0, 0.05) is 20.1 Å². The van der Waals surface area contributed by atoms with Gasteiger partial charge in [0.2, 0.25) is 5.96 Å². The maximum atomic E-state index is 8.13. The Morgan fingerprint density at radius 2 is 1.05 bits per heavy atom. The molecule has 41 heavy (non-hydrogen) atoms. The topological polar surface area (TPSA) is 91.1 Å². The number of benzene rings is 4. The molecule has 0 aliphatic rings. The highest BCUT2D eigenvalue weighted by Crippen LogP contribution is 2.33. The maximum Gasteiger partial charge on any atom is 0.230 e. The fourth-order valence-corrected chi connectivity index (χ4v) is 6.22. The maximum absolute atomic E-state index is 8.13. The minimum atomic E-state index is -0.117. The van der Waals surface area contributed by atoms with Gasteiger partial charge in [0.15, 0.2) is 0 Å². The van der Waals surface area contributed by atoms with Crippen molar-refractivity contribution in [3.8, 4) is 11.5 Å². The average molecular weight is 830 g/mol. The van der Waals surface area contributed by atoms with Gasteiger partial charge in [0.25, 0.3) is 0 Å². The molecule has 7 nitrogen and oxygen atoms in total. The SMILES string of the molecule is Cl.N=C(NN=Cc1cc(Br)cc(Br)c1OCc1ccccc1)NN=Cc1cc(Br)cc(Br)c1OCc1ccccc1. The van der Waals surface area contributed by atoms with E-state index < -0.39 is 0 Å². The van der Waals surface area contributed by atoms with Crippen LogP contribution < -0.4 is 20.3 Å². The molecule has 0 heterocycles. The molecule has 4 rings (SSSR count). The van der Waals surface area contributed by atoms with Crippen LogP contribution in [0.1, 0.15) is 22.3 Å². The second kappa shape index (κ2) is 16.7. The van der Waals surface area contributed by atoms with Crippen LogP contribution in [-0.4, -0.2) is 18.4 Å². The fourth-order valence-electron chi connectivity index (χ4n) is 3.47. The van der Waals surface area contributed by atoms with E-state index in [0.717, 1.165) is 40.1 Å². The van der Waals surface area contributed by atoms with Crippen LogP contribution in [-0.2, 0) is 13.2 Å². The third kappa shape index (κ3) is 10.3. The summed E-state index contributed by atoms with van der Waals surface area (Å²) < 4.78 is 15.4. The molecule has 3 N–H and O–H groups in total. The zero-order valence-corrected chi connectivity index (χ0v) is 28.4. The van der Waals surface area contributed by atoms with Crippen LogP contribution in [0.25, 0.3) is 0 Å². The number of rotatable bonds is 10. The van der Waals surface area contributed by atoms with Crippen molar-refractivity contribution in [2.75, 3.05) is 0 Å². The number of guanidine groups is 1. The average Bonchev–Trinajstić information content (AvgIpc) is 2.93. The summed E-state index contributed by atoms with van der Waals surface area (Å²) in [7, 11) is 0. The molecule has 0 aromatic heterocycles. The first-order valence-corrected chi connectivity index (χ1v) is 15.0. The minimum Gasteiger partial charge on any atom is -0.487 e. The summed E-state index contributed by atoms with van der Waals surface area (Å²) in [6, 6.07) is 27.4. The van der Waals surface area contributed by atoms with E-state index in [0.29, 0.717) is 24.7 Å². The third-order valence-corrected chi connectivity index (χ3v) is 7.38. The molecule has 0 saturated heterocycles. The summed E-state index contributed by atoms with van der Waals surface area (Å²) in [5.74, 6) is 1.16. The first kappa shape index (κ1) is 32.8. The minimum absolute atomic E-state index is 0. The van der Waals surface area contributed by atoms with Gasteiger partial charge in [-0.1, -0.05) is 92.5 Å². The van der Waals surface area contributed by atoms with Crippen molar-refractivity contribution in [1.82, 2.24) is 10.9 Å². The largest absolute Gasteiger partial charge is 0.487 e. The van der Waals surface area contributed by atoms with Crippen molar-refractivity contribution >= 4 is 94.5 Å². The number of hydrazone groups is 2. The van der Waals surface area contributed by atoms with Gasteiger partial charge < -0.3 is 9.47 Å². The molecule has 0 atom stereocenters. The molecule has 0 fully saturated rings. The molecule has 0 bridgehead atoms. The Balaban J connectivity index is 0.00000462. The summed E-state index contributed by atoms with van der Waals surface area (Å²) in [4.78, 5) is 0. The van der Waals surface area contributed by atoms with Crippen molar-refractivity contribution < 1.29 is 9.47 Å². The second-order valence-corrected chi connectivity index (χ2v) is 11.8. The fraction of sp³-hybridized carbons (Fsp3) is 0.0690. The van der Waals surface area contributed by atoms with Gasteiger partial charge in [-0.3, -0.25) is 5.41 Å². The summed E-state index contributed by atoms with van der Waals surface area (Å²) in [6.45, 7) is 0.814. The number of ether oxygens (including phenoxy) is 2. The highest BCUT2D eigenvalue weighted by Gasteiger charge is 2.11. The zero-order valence-electron chi connectivity index (χ0n) is 21.3. The summed E-state index contributed by atoms with van der Waals surface area (Å²) >= 11 is 14.1. The summed E-state index contributed by atoms with van der Waals surface area (Å²) in [5, 5.41) is 16.5. The quantitative estimate of drug-likeness (QED) is 0.0848. The number of nitrogens with zero attached hydrogens (tertiary/aromatic N) is 2. The molecule has 0 aliphatic heterocycles. The van der Waals surface area contributed by atoms with Crippen molar-refractivity contribution in [2.45, 2.75) is 13.2 Å². The van der Waals surface area contributed by atoms with E-state index in [1.165, 1.54) is 0 Å². The predicted molar refractivity (Wildman–Crippen MR) is 182 cm³/mol. The third-order valence-electron chi connectivity index (χ3n) is 5.29. The van der Waals surface area contributed by atoms with Gasteiger partial charge in [-0.15, -0.1) is 12.4 Å². The molecule has 12 heteroatoms. The second-order valence-electron chi connectivity index (χ2n) is 8.28. The van der Waals surface area contributed by atoms with E-state index in [4.69, 9.17) is 14.9 Å². The van der Waals surface area contributed by atoms with Crippen molar-refractivity contribution in [2.24, 2.45) is 10.2 Å². The molecule has 0 radical (unpaired) electrons. The Hall–Kier alpha value is -2.70. The molecule has 4 aromatic rings. The van der Waals surface area contributed by atoms with E-state index in [2.05, 4.69) is 84.8 Å². The van der Waals surface area contributed by atoms with Crippen LogP contribution in [0.3, 0.4) is 0 Å². The molecule has 0 amide bonds. The molecular formula is C29H24Br4ClN5O2. The Labute approximate surface area is 278 Å². The number of hydrogen-bond donors (Lipinski definition) is 3. The first-order valence-electron chi connectivity index (χ1n) is 11.9. The van der Waals surface area contributed by atoms with Crippen LogP contribution in [0.4, 0.5) is 0 Å². The van der Waals surface area contributed by atoms with Gasteiger partial charge >= 0.3 is 0 Å². The van der Waals surface area contributed by atoms with Gasteiger partial charge in [0.05, 0.1) is 21.4 Å².